The molecule has 0 heterocycles. The monoisotopic (exact) mass is 494 g/mol. The molecule has 0 aromatic heterocycles. The molecule has 0 saturated heterocycles. The first-order chi connectivity index (χ1) is 14.0. The minimum Gasteiger partial charge on any atom is -0.458 e. The number of alkyl halides is 11. The van der Waals surface area contributed by atoms with E-state index < -0.39 is 72.9 Å². The summed E-state index contributed by atoms with van der Waals surface area (Å²) in [5.74, 6) is -28.3. The minimum absolute atomic E-state index is 0.305. The lowest BCUT2D eigenvalue weighted by atomic mass is 9.95. The molecule has 4 nitrogen and oxygen atoms in total. The zero-order chi connectivity index (χ0) is 25.9. The van der Waals surface area contributed by atoms with Crippen molar-refractivity contribution in [3.05, 3.63) is 24.3 Å². The number of halogens is 11. The van der Waals surface area contributed by atoms with Crippen molar-refractivity contribution in [3.63, 3.8) is 0 Å². The number of ether oxygens (including phenoxy) is 2. The minimum atomic E-state index is -7.05. The van der Waals surface area contributed by atoms with Crippen molar-refractivity contribution in [1.29, 1.82) is 0 Å². The molecule has 0 spiro atoms. The summed E-state index contributed by atoms with van der Waals surface area (Å²) in [4.78, 5) is 22.8. The van der Waals surface area contributed by atoms with E-state index in [1.165, 1.54) is 0 Å². The van der Waals surface area contributed by atoms with Gasteiger partial charge in [0.1, 0.15) is 12.7 Å². The maximum Gasteiger partial charge on any atom is 0.459 e. The Balaban J connectivity index is 5.80. The number of esters is 2. The highest BCUT2D eigenvalue weighted by atomic mass is 19.4. The van der Waals surface area contributed by atoms with Gasteiger partial charge >= 0.3 is 41.8 Å². The highest BCUT2D eigenvalue weighted by Gasteiger charge is 2.76. The predicted octanol–water partition coefficient (Wildman–Crippen LogP) is 5.48. The van der Waals surface area contributed by atoms with Gasteiger partial charge in [-0.3, -0.25) is 0 Å². The lowest BCUT2D eigenvalue weighted by Gasteiger charge is -2.34. The Bertz CT molecular complexity index is 741. The first kappa shape index (κ1) is 29.7. The van der Waals surface area contributed by atoms with Crippen LogP contribution in [0.1, 0.15) is 26.7 Å². The van der Waals surface area contributed by atoms with E-state index in [9.17, 15) is 57.9 Å². The van der Waals surface area contributed by atoms with E-state index >= 15 is 0 Å². The topological polar surface area (TPSA) is 52.6 Å². The Kier molecular flexibility index (Phi) is 8.94. The van der Waals surface area contributed by atoms with Gasteiger partial charge in [-0.05, 0) is 13.8 Å². The molecule has 15 heteroatoms. The van der Waals surface area contributed by atoms with Crippen LogP contribution in [0.5, 0.6) is 0 Å². The van der Waals surface area contributed by atoms with Crippen LogP contribution in [0, 0.1) is 0 Å². The third-order valence-corrected chi connectivity index (χ3v) is 3.65. The van der Waals surface area contributed by atoms with E-state index in [0.29, 0.717) is 0 Å². The zero-order valence-electron chi connectivity index (χ0n) is 16.4. The highest BCUT2D eigenvalue weighted by Crippen LogP contribution is 2.53. The van der Waals surface area contributed by atoms with Gasteiger partial charge in [0.05, 0.1) is 12.8 Å². The Morgan fingerprint density at radius 3 is 1.56 bits per heavy atom. The van der Waals surface area contributed by atoms with Crippen molar-refractivity contribution < 1.29 is 67.4 Å². The van der Waals surface area contributed by atoms with Gasteiger partial charge in [-0.2, -0.15) is 48.3 Å². The lowest BCUT2D eigenvalue weighted by Crippen LogP contribution is -2.57. The van der Waals surface area contributed by atoms with Gasteiger partial charge in [0.15, 0.2) is 0 Å². The van der Waals surface area contributed by atoms with E-state index in [0.717, 1.165) is 13.8 Å². The molecule has 0 N–H and O–H groups in total. The number of hydrogen-bond donors (Lipinski definition) is 0. The van der Waals surface area contributed by atoms with Gasteiger partial charge in [-0.25, -0.2) is 9.59 Å². The molecular formula is C17H17F11O4. The fraction of sp³-hybridized carbons (Fsp3) is 0.647. The molecule has 0 aromatic carbocycles. The van der Waals surface area contributed by atoms with Gasteiger partial charge in [0, 0.05) is 11.1 Å². The quantitative estimate of drug-likeness (QED) is 0.217. The number of hydrogen-bond acceptors (Lipinski definition) is 4. The highest BCUT2D eigenvalue weighted by molar-refractivity contribution is 5.87. The molecule has 186 valence electrons. The molecule has 0 saturated carbocycles. The SMILES string of the molecule is C=C(C)C(=O)OCC(CC(F)(F)C(F)(F)CC(F)(F)C(F)(F)C(F)(F)F)OC(=O)C(=C)C. The van der Waals surface area contributed by atoms with Gasteiger partial charge in [0.2, 0.25) is 0 Å². The fourth-order valence-electron chi connectivity index (χ4n) is 1.84. The second-order valence-corrected chi connectivity index (χ2v) is 6.75. The summed E-state index contributed by atoms with van der Waals surface area (Å²) in [5.41, 5.74) is -0.756. The molecule has 32 heavy (non-hydrogen) atoms. The van der Waals surface area contributed by atoms with Crippen molar-refractivity contribution in [2.45, 2.75) is 62.7 Å². The molecule has 0 fully saturated rings. The van der Waals surface area contributed by atoms with Crippen LogP contribution in [0.3, 0.4) is 0 Å². The third kappa shape index (κ3) is 7.08. The van der Waals surface area contributed by atoms with Crippen LogP contribution in [0.2, 0.25) is 0 Å². The van der Waals surface area contributed by atoms with E-state index in [2.05, 4.69) is 22.6 Å². The van der Waals surface area contributed by atoms with Crippen LogP contribution in [-0.4, -0.2) is 54.5 Å². The van der Waals surface area contributed by atoms with Crippen LogP contribution < -0.4 is 0 Å². The van der Waals surface area contributed by atoms with Crippen LogP contribution in [-0.2, 0) is 19.1 Å². The third-order valence-electron chi connectivity index (χ3n) is 3.65. The Labute approximate surface area is 174 Å². The molecule has 0 aromatic rings. The van der Waals surface area contributed by atoms with Crippen molar-refractivity contribution in [2.24, 2.45) is 0 Å². The fourth-order valence-corrected chi connectivity index (χ4v) is 1.84. The Morgan fingerprint density at radius 2 is 1.19 bits per heavy atom. The van der Waals surface area contributed by atoms with E-state index in [4.69, 9.17) is 0 Å². The molecule has 1 atom stereocenters. The van der Waals surface area contributed by atoms with Crippen molar-refractivity contribution in [3.8, 4) is 0 Å². The molecule has 0 rings (SSSR count). The van der Waals surface area contributed by atoms with Gasteiger partial charge in [0.25, 0.3) is 0 Å². The Hall–Kier alpha value is -2.35. The molecule has 0 aliphatic heterocycles. The van der Waals surface area contributed by atoms with Gasteiger partial charge in [-0.15, -0.1) is 0 Å². The summed E-state index contributed by atoms with van der Waals surface area (Å²) in [7, 11) is 0. The van der Waals surface area contributed by atoms with E-state index in [1.807, 2.05) is 0 Å². The predicted molar refractivity (Wildman–Crippen MR) is 85.5 cm³/mol. The zero-order valence-corrected chi connectivity index (χ0v) is 16.4. The largest absolute Gasteiger partial charge is 0.459 e. The summed E-state index contributed by atoms with van der Waals surface area (Å²) >= 11 is 0. The second kappa shape index (κ2) is 9.65. The second-order valence-electron chi connectivity index (χ2n) is 6.75. The Morgan fingerprint density at radius 1 is 0.750 bits per heavy atom. The first-order valence-corrected chi connectivity index (χ1v) is 8.25. The average molecular weight is 494 g/mol. The summed E-state index contributed by atoms with van der Waals surface area (Å²) in [6, 6.07) is 0. The van der Waals surface area contributed by atoms with Crippen LogP contribution >= 0.6 is 0 Å². The number of rotatable bonds is 11. The smallest absolute Gasteiger partial charge is 0.458 e. The molecule has 0 bridgehead atoms. The number of carbonyl (C=O) groups is 2. The van der Waals surface area contributed by atoms with Crippen molar-refractivity contribution in [1.82, 2.24) is 0 Å². The van der Waals surface area contributed by atoms with Crippen LogP contribution in [0.25, 0.3) is 0 Å². The molecule has 1 unspecified atom stereocenters. The van der Waals surface area contributed by atoms with Crippen LogP contribution in [0.15, 0.2) is 24.3 Å². The average Bonchev–Trinajstić information content (AvgIpc) is 2.56. The lowest BCUT2D eigenvalue weighted by molar-refractivity contribution is -0.370. The molecule has 0 aliphatic carbocycles. The summed E-state index contributed by atoms with van der Waals surface area (Å²) < 4.78 is 153. The molecule has 0 amide bonds. The first-order valence-electron chi connectivity index (χ1n) is 8.25. The summed E-state index contributed by atoms with van der Waals surface area (Å²) in [6.45, 7) is 6.91. The standard InChI is InChI=1S/C17H17F11O4/c1-8(2)11(29)31-6-10(32-12(30)9(3)4)5-13(18,19)14(20,21)7-15(22,23)16(24,25)17(26,27)28/h10H,1,3,5-7H2,2,4H3. The molecule has 0 aliphatic rings. The normalized spacial score (nSPS) is 14.5. The molecule has 0 radical (unpaired) electrons. The van der Waals surface area contributed by atoms with Crippen molar-refractivity contribution in [2.75, 3.05) is 6.61 Å². The van der Waals surface area contributed by atoms with Crippen molar-refractivity contribution >= 4 is 11.9 Å². The maximum absolute atomic E-state index is 14.0. The summed E-state index contributed by atoms with van der Waals surface area (Å²) in [5, 5.41) is 0. The van der Waals surface area contributed by atoms with E-state index in [1.54, 1.807) is 0 Å². The summed E-state index contributed by atoms with van der Waals surface area (Å²) in [6.07, 6.45) is -15.7. The van der Waals surface area contributed by atoms with E-state index in [-0.39, 0.29) is 5.57 Å². The van der Waals surface area contributed by atoms with Gasteiger partial charge < -0.3 is 9.47 Å². The number of carbonyl (C=O) groups excluding carboxylic acids is 2. The molecular weight excluding hydrogens is 477 g/mol. The van der Waals surface area contributed by atoms with Gasteiger partial charge in [-0.1, -0.05) is 13.2 Å². The maximum atomic E-state index is 14.0. The van der Waals surface area contributed by atoms with Crippen LogP contribution in [0.4, 0.5) is 48.3 Å².